The maximum Gasteiger partial charge on any atom is 0.0124 e. The van der Waals surface area contributed by atoms with Crippen LogP contribution in [0.1, 0.15) is 72.1 Å². The molecule has 0 aromatic heterocycles. The predicted octanol–water partition coefficient (Wildman–Crippen LogP) is 4.06. The Bertz CT molecular complexity index is 273. The Labute approximate surface area is 126 Å². The molecule has 2 heteroatoms. The van der Waals surface area contributed by atoms with Crippen LogP contribution in [-0.2, 0) is 0 Å². The molecule has 2 rings (SSSR count). The molecule has 1 saturated carbocycles. The van der Waals surface area contributed by atoms with Gasteiger partial charge in [0.05, 0.1) is 0 Å². The first-order chi connectivity index (χ1) is 9.68. The lowest BCUT2D eigenvalue weighted by Gasteiger charge is -2.38. The molecule has 0 bridgehead atoms. The molecule has 1 heterocycles. The lowest BCUT2D eigenvalue weighted by molar-refractivity contribution is 0.112. The number of nitrogens with zero attached hydrogens (tertiary/aromatic N) is 1. The van der Waals surface area contributed by atoms with Gasteiger partial charge in [0.15, 0.2) is 0 Å². The van der Waals surface area contributed by atoms with Gasteiger partial charge in [-0.2, -0.15) is 0 Å². The largest absolute Gasteiger partial charge is 0.316 e. The molecule has 2 atom stereocenters. The van der Waals surface area contributed by atoms with E-state index in [2.05, 4.69) is 31.0 Å². The number of likely N-dealkylation sites (tertiary alicyclic amines) is 1. The summed E-state index contributed by atoms with van der Waals surface area (Å²) in [7, 11) is 0. The highest BCUT2D eigenvalue weighted by Gasteiger charge is 2.36. The van der Waals surface area contributed by atoms with Gasteiger partial charge in [-0.15, -0.1) is 0 Å². The van der Waals surface area contributed by atoms with E-state index in [1.807, 2.05) is 0 Å². The molecule has 2 nitrogen and oxygen atoms in total. The topological polar surface area (TPSA) is 15.3 Å². The van der Waals surface area contributed by atoms with Gasteiger partial charge in [-0.3, -0.25) is 4.90 Å². The first-order valence-corrected chi connectivity index (χ1v) is 9.13. The van der Waals surface area contributed by atoms with Crippen LogP contribution >= 0.6 is 0 Å². The van der Waals surface area contributed by atoms with Crippen molar-refractivity contribution >= 4 is 0 Å². The molecule has 118 valence electrons. The van der Waals surface area contributed by atoms with Crippen molar-refractivity contribution < 1.29 is 0 Å². The van der Waals surface area contributed by atoms with Crippen molar-refractivity contribution in [2.24, 2.45) is 11.3 Å². The molecular formula is C18H36N2. The van der Waals surface area contributed by atoms with Gasteiger partial charge in [0.1, 0.15) is 0 Å². The zero-order valence-corrected chi connectivity index (χ0v) is 14.1. The minimum atomic E-state index is 0.464. The Hall–Kier alpha value is -0.0800. The smallest absolute Gasteiger partial charge is 0.0124 e. The van der Waals surface area contributed by atoms with Gasteiger partial charge in [0.2, 0.25) is 0 Å². The normalized spacial score (nSPS) is 28.1. The van der Waals surface area contributed by atoms with Gasteiger partial charge in [0.25, 0.3) is 0 Å². The van der Waals surface area contributed by atoms with Crippen molar-refractivity contribution in [3.63, 3.8) is 0 Å². The van der Waals surface area contributed by atoms with Crippen LogP contribution in [0.15, 0.2) is 0 Å². The fourth-order valence-electron chi connectivity index (χ4n) is 4.67. The monoisotopic (exact) mass is 280 g/mol. The third-order valence-corrected chi connectivity index (χ3v) is 5.60. The van der Waals surface area contributed by atoms with E-state index in [1.165, 1.54) is 71.0 Å². The van der Waals surface area contributed by atoms with Crippen molar-refractivity contribution in [1.82, 2.24) is 10.2 Å². The molecule has 1 aliphatic carbocycles. The summed E-state index contributed by atoms with van der Waals surface area (Å²) in [5.74, 6) is 1.02. The Morgan fingerprint density at radius 1 is 1.10 bits per heavy atom. The average molecular weight is 280 g/mol. The predicted molar refractivity (Wildman–Crippen MR) is 88.1 cm³/mol. The van der Waals surface area contributed by atoms with E-state index in [4.69, 9.17) is 0 Å². The summed E-state index contributed by atoms with van der Waals surface area (Å²) in [5, 5.41) is 3.61. The van der Waals surface area contributed by atoms with Crippen LogP contribution in [0.25, 0.3) is 0 Å². The van der Waals surface area contributed by atoms with Crippen molar-refractivity contribution in [3.8, 4) is 0 Å². The molecule has 0 aromatic carbocycles. The number of hydrogen-bond donors (Lipinski definition) is 1. The number of nitrogens with one attached hydrogen (secondary N) is 1. The molecule has 0 aromatic rings. The highest BCUT2D eigenvalue weighted by Crippen LogP contribution is 2.37. The standard InChI is InChI=1S/C18H36N2/c1-4-12-18(3,14-19-5-2)15-20-13-8-11-17(20)16-9-6-7-10-16/h16-17,19H,4-15H2,1-3H3. The SMILES string of the molecule is CCCC(C)(CNCC)CN1CCCC1C1CCCC1. The van der Waals surface area contributed by atoms with E-state index in [-0.39, 0.29) is 0 Å². The molecule has 0 spiro atoms. The summed E-state index contributed by atoms with van der Waals surface area (Å²) in [4.78, 5) is 2.86. The molecule has 2 fully saturated rings. The van der Waals surface area contributed by atoms with E-state index in [0.717, 1.165) is 18.5 Å². The molecule has 0 amide bonds. The van der Waals surface area contributed by atoms with Gasteiger partial charge in [-0.05, 0) is 56.5 Å². The quantitative estimate of drug-likeness (QED) is 0.721. The number of hydrogen-bond acceptors (Lipinski definition) is 2. The van der Waals surface area contributed by atoms with E-state index < -0.39 is 0 Å². The van der Waals surface area contributed by atoms with E-state index in [1.54, 1.807) is 0 Å². The Morgan fingerprint density at radius 2 is 1.85 bits per heavy atom. The molecule has 1 aliphatic heterocycles. The third-order valence-electron chi connectivity index (χ3n) is 5.60. The molecule has 1 N–H and O–H groups in total. The van der Waals surface area contributed by atoms with Gasteiger partial charge >= 0.3 is 0 Å². The average Bonchev–Trinajstić information content (AvgIpc) is 3.07. The zero-order chi connectivity index (χ0) is 14.4. The molecular weight excluding hydrogens is 244 g/mol. The second-order valence-electron chi connectivity index (χ2n) is 7.57. The molecule has 2 unspecified atom stereocenters. The highest BCUT2D eigenvalue weighted by molar-refractivity contribution is 4.91. The van der Waals surface area contributed by atoms with Crippen molar-refractivity contribution in [1.29, 1.82) is 0 Å². The zero-order valence-electron chi connectivity index (χ0n) is 14.1. The van der Waals surface area contributed by atoms with Crippen LogP contribution in [0.3, 0.4) is 0 Å². The summed E-state index contributed by atoms with van der Waals surface area (Å²) >= 11 is 0. The van der Waals surface area contributed by atoms with Crippen LogP contribution < -0.4 is 5.32 Å². The Kier molecular flexibility index (Phi) is 6.35. The summed E-state index contributed by atoms with van der Waals surface area (Å²) in [6.07, 6.45) is 11.5. The maximum absolute atomic E-state index is 3.61. The highest BCUT2D eigenvalue weighted by atomic mass is 15.2. The molecule has 1 saturated heterocycles. The summed E-state index contributed by atoms with van der Waals surface area (Å²) < 4.78 is 0. The van der Waals surface area contributed by atoms with Crippen molar-refractivity contribution in [2.75, 3.05) is 26.2 Å². The fourth-order valence-corrected chi connectivity index (χ4v) is 4.67. The summed E-state index contributed by atoms with van der Waals surface area (Å²) in [5.41, 5.74) is 0.464. The molecule has 2 aliphatic rings. The van der Waals surface area contributed by atoms with E-state index >= 15 is 0 Å². The Balaban J connectivity index is 1.93. The van der Waals surface area contributed by atoms with Crippen molar-refractivity contribution in [3.05, 3.63) is 0 Å². The lowest BCUT2D eigenvalue weighted by atomic mass is 9.84. The van der Waals surface area contributed by atoms with Gasteiger partial charge in [-0.25, -0.2) is 0 Å². The molecule has 0 radical (unpaired) electrons. The van der Waals surface area contributed by atoms with Crippen LogP contribution in [0.5, 0.6) is 0 Å². The number of rotatable bonds is 8. The first kappa shape index (κ1) is 16.3. The van der Waals surface area contributed by atoms with Crippen LogP contribution in [0.4, 0.5) is 0 Å². The van der Waals surface area contributed by atoms with Gasteiger partial charge < -0.3 is 5.32 Å². The third kappa shape index (κ3) is 4.21. The van der Waals surface area contributed by atoms with Crippen LogP contribution in [-0.4, -0.2) is 37.1 Å². The van der Waals surface area contributed by atoms with Crippen LogP contribution in [0, 0.1) is 11.3 Å². The minimum absolute atomic E-state index is 0.464. The van der Waals surface area contributed by atoms with Crippen LogP contribution in [0.2, 0.25) is 0 Å². The fraction of sp³-hybridized carbons (Fsp3) is 1.00. The minimum Gasteiger partial charge on any atom is -0.316 e. The Morgan fingerprint density at radius 3 is 2.50 bits per heavy atom. The van der Waals surface area contributed by atoms with Crippen molar-refractivity contribution in [2.45, 2.75) is 78.2 Å². The first-order valence-electron chi connectivity index (χ1n) is 9.13. The van der Waals surface area contributed by atoms with Gasteiger partial charge in [-0.1, -0.05) is 40.0 Å². The van der Waals surface area contributed by atoms with E-state index in [9.17, 15) is 0 Å². The second kappa shape index (κ2) is 7.79. The maximum atomic E-state index is 3.61. The summed E-state index contributed by atoms with van der Waals surface area (Å²) in [6, 6.07) is 0.912. The van der Waals surface area contributed by atoms with Gasteiger partial charge in [0, 0.05) is 19.1 Å². The summed E-state index contributed by atoms with van der Waals surface area (Å²) in [6.45, 7) is 12.0. The molecule has 20 heavy (non-hydrogen) atoms. The lowest BCUT2D eigenvalue weighted by Crippen LogP contribution is -2.45. The van der Waals surface area contributed by atoms with E-state index in [0.29, 0.717) is 5.41 Å². The second-order valence-corrected chi connectivity index (χ2v) is 7.57.